The second kappa shape index (κ2) is 7.09. The maximum Gasteiger partial charge on any atom is 0.306 e. The van der Waals surface area contributed by atoms with Crippen LogP contribution < -0.4 is 5.32 Å². The van der Waals surface area contributed by atoms with Crippen LogP contribution in [0.4, 0.5) is 4.39 Å². The van der Waals surface area contributed by atoms with Crippen LogP contribution in [0.3, 0.4) is 0 Å². The lowest BCUT2D eigenvalue weighted by Crippen LogP contribution is -2.36. The molecule has 6 heteroatoms. The number of carbonyl (C=O) groups excluding carboxylic acids is 1. The predicted molar refractivity (Wildman–Crippen MR) is 81.1 cm³/mol. The molecule has 0 aliphatic heterocycles. The minimum Gasteiger partial charge on any atom is -0.481 e. The minimum absolute atomic E-state index is 0.0159. The lowest BCUT2D eigenvalue weighted by Gasteiger charge is -2.27. The first kappa shape index (κ1) is 16.7. The number of hydrogen-bond acceptors (Lipinski definition) is 2. The number of aliphatic carboxylic acids is 1. The molecule has 22 heavy (non-hydrogen) atoms. The van der Waals surface area contributed by atoms with E-state index in [0.717, 1.165) is 6.42 Å². The highest BCUT2D eigenvalue weighted by molar-refractivity contribution is 6.30. The fourth-order valence-corrected chi connectivity index (χ4v) is 3.04. The average Bonchev–Trinajstić information content (AvgIpc) is 2.50. The summed E-state index contributed by atoms with van der Waals surface area (Å²) >= 11 is 5.74. The number of benzene rings is 1. The lowest BCUT2D eigenvalue weighted by atomic mass is 9.81. The summed E-state index contributed by atoms with van der Waals surface area (Å²) in [5.41, 5.74) is 0.713. The number of rotatable bonds is 4. The van der Waals surface area contributed by atoms with Crippen molar-refractivity contribution in [2.24, 2.45) is 11.8 Å². The monoisotopic (exact) mass is 327 g/mol. The van der Waals surface area contributed by atoms with E-state index < -0.39 is 17.7 Å². The van der Waals surface area contributed by atoms with E-state index in [2.05, 4.69) is 5.32 Å². The first-order valence-corrected chi connectivity index (χ1v) is 7.74. The molecule has 1 aromatic rings. The van der Waals surface area contributed by atoms with Gasteiger partial charge in [-0.25, -0.2) is 4.39 Å². The number of carbonyl (C=O) groups is 2. The Labute approximate surface area is 133 Å². The number of carboxylic acids is 1. The highest BCUT2D eigenvalue weighted by atomic mass is 35.5. The summed E-state index contributed by atoms with van der Waals surface area (Å²) in [6, 6.07) is 4.02. The van der Waals surface area contributed by atoms with Crippen LogP contribution in [0.1, 0.15) is 44.2 Å². The molecule has 0 heterocycles. The lowest BCUT2D eigenvalue weighted by molar-refractivity contribution is -0.144. The van der Waals surface area contributed by atoms with Crippen LogP contribution in [0, 0.1) is 17.7 Å². The molecule has 1 aromatic carbocycles. The van der Waals surface area contributed by atoms with Crippen LogP contribution in [0.25, 0.3) is 0 Å². The molecule has 0 radical (unpaired) electrons. The highest BCUT2D eigenvalue weighted by Crippen LogP contribution is 2.30. The molecule has 0 bridgehead atoms. The second-order valence-corrected chi connectivity index (χ2v) is 6.21. The minimum atomic E-state index is -0.837. The number of hydrogen-bond donors (Lipinski definition) is 2. The summed E-state index contributed by atoms with van der Waals surface area (Å²) in [5, 5.41) is 11.9. The Hall–Kier alpha value is -1.62. The fraction of sp³-hybridized carbons (Fsp3) is 0.500. The largest absolute Gasteiger partial charge is 0.481 e. The van der Waals surface area contributed by atoms with Gasteiger partial charge in [0.15, 0.2) is 0 Å². The Morgan fingerprint density at radius 1 is 1.36 bits per heavy atom. The van der Waals surface area contributed by atoms with Crippen molar-refractivity contribution in [3.05, 3.63) is 34.6 Å². The molecule has 120 valence electrons. The number of amides is 1. The Kier molecular flexibility index (Phi) is 5.40. The van der Waals surface area contributed by atoms with Gasteiger partial charge in [-0.1, -0.05) is 24.1 Å². The van der Waals surface area contributed by atoms with Crippen molar-refractivity contribution < 1.29 is 19.1 Å². The number of halogens is 2. The van der Waals surface area contributed by atoms with Crippen LogP contribution in [0.5, 0.6) is 0 Å². The zero-order valence-electron chi connectivity index (χ0n) is 12.3. The second-order valence-electron chi connectivity index (χ2n) is 5.80. The van der Waals surface area contributed by atoms with Crippen LogP contribution in [-0.4, -0.2) is 17.0 Å². The Morgan fingerprint density at radius 2 is 2.05 bits per heavy atom. The molecule has 3 atom stereocenters. The van der Waals surface area contributed by atoms with Gasteiger partial charge in [0.2, 0.25) is 5.91 Å². The Morgan fingerprint density at radius 3 is 2.68 bits per heavy atom. The normalized spacial score (nSPS) is 22.9. The summed E-state index contributed by atoms with van der Waals surface area (Å²) in [7, 11) is 0. The molecule has 2 rings (SSSR count). The van der Waals surface area contributed by atoms with Gasteiger partial charge in [-0.15, -0.1) is 0 Å². The number of nitrogens with one attached hydrogen (secondary N) is 1. The molecule has 1 saturated carbocycles. The van der Waals surface area contributed by atoms with Crippen LogP contribution in [0.15, 0.2) is 18.2 Å². The van der Waals surface area contributed by atoms with E-state index in [-0.39, 0.29) is 22.9 Å². The summed E-state index contributed by atoms with van der Waals surface area (Å²) in [6.45, 7) is 1.79. The van der Waals surface area contributed by atoms with E-state index in [1.165, 1.54) is 12.1 Å². The highest BCUT2D eigenvalue weighted by Gasteiger charge is 2.31. The third-order valence-corrected chi connectivity index (χ3v) is 4.49. The maximum absolute atomic E-state index is 13.2. The summed E-state index contributed by atoms with van der Waals surface area (Å²) in [6.07, 6.45) is 2.44. The third-order valence-electron chi connectivity index (χ3n) is 4.20. The third kappa shape index (κ3) is 3.97. The molecule has 1 amide bonds. The van der Waals surface area contributed by atoms with Crippen molar-refractivity contribution in [1.82, 2.24) is 5.32 Å². The summed E-state index contributed by atoms with van der Waals surface area (Å²) in [4.78, 5) is 23.3. The van der Waals surface area contributed by atoms with Gasteiger partial charge >= 0.3 is 5.97 Å². The summed E-state index contributed by atoms with van der Waals surface area (Å²) < 4.78 is 13.2. The van der Waals surface area contributed by atoms with Crippen molar-refractivity contribution in [2.75, 3.05) is 0 Å². The van der Waals surface area contributed by atoms with E-state index in [9.17, 15) is 14.0 Å². The topological polar surface area (TPSA) is 66.4 Å². The molecular formula is C16H19ClFNO3. The van der Waals surface area contributed by atoms with Gasteiger partial charge in [-0.05, 0) is 43.9 Å². The molecule has 2 N–H and O–H groups in total. The molecule has 0 saturated heterocycles. The maximum atomic E-state index is 13.2. The SMILES string of the molecule is CC(NC(=O)C1CCCC(C(=O)O)C1)c1ccc(F)c(Cl)c1. The van der Waals surface area contributed by atoms with Crippen LogP contribution in [0.2, 0.25) is 5.02 Å². The standard InChI is InChI=1S/C16H19ClFNO3/c1-9(10-5-6-14(18)13(17)8-10)19-15(20)11-3-2-4-12(7-11)16(21)22/h5-6,8-9,11-12H,2-4,7H2,1H3,(H,19,20)(H,21,22). The molecule has 0 aromatic heterocycles. The van der Waals surface area contributed by atoms with Gasteiger partial charge in [0.05, 0.1) is 17.0 Å². The van der Waals surface area contributed by atoms with E-state index in [0.29, 0.717) is 24.8 Å². The molecule has 1 aliphatic carbocycles. The van der Waals surface area contributed by atoms with E-state index >= 15 is 0 Å². The molecule has 3 unspecified atom stereocenters. The molecule has 4 nitrogen and oxygen atoms in total. The quantitative estimate of drug-likeness (QED) is 0.888. The van der Waals surface area contributed by atoms with E-state index in [4.69, 9.17) is 16.7 Å². The molecule has 1 aliphatic rings. The predicted octanol–water partition coefficient (Wildman–Crippen LogP) is 3.55. The van der Waals surface area contributed by atoms with Gasteiger partial charge in [0, 0.05) is 5.92 Å². The van der Waals surface area contributed by atoms with Gasteiger partial charge < -0.3 is 10.4 Å². The number of carboxylic acid groups (broad SMARTS) is 1. The smallest absolute Gasteiger partial charge is 0.306 e. The fourth-order valence-electron chi connectivity index (χ4n) is 2.85. The molecule has 1 fully saturated rings. The molecular weight excluding hydrogens is 309 g/mol. The van der Waals surface area contributed by atoms with Crippen molar-refractivity contribution >= 4 is 23.5 Å². The van der Waals surface area contributed by atoms with Crippen molar-refractivity contribution in [2.45, 2.75) is 38.6 Å². The van der Waals surface area contributed by atoms with Gasteiger partial charge in [-0.3, -0.25) is 9.59 Å². The first-order valence-electron chi connectivity index (χ1n) is 7.36. The van der Waals surface area contributed by atoms with Crippen molar-refractivity contribution in [1.29, 1.82) is 0 Å². The van der Waals surface area contributed by atoms with Gasteiger partial charge in [0.25, 0.3) is 0 Å². The Bertz CT molecular complexity index is 579. The molecule has 0 spiro atoms. The zero-order chi connectivity index (χ0) is 16.3. The average molecular weight is 328 g/mol. The van der Waals surface area contributed by atoms with Crippen LogP contribution >= 0.6 is 11.6 Å². The Balaban J connectivity index is 1.98. The van der Waals surface area contributed by atoms with Gasteiger partial charge in [-0.2, -0.15) is 0 Å². The van der Waals surface area contributed by atoms with E-state index in [1.54, 1.807) is 13.0 Å². The van der Waals surface area contributed by atoms with E-state index in [1.807, 2.05) is 0 Å². The van der Waals surface area contributed by atoms with Crippen LogP contribution in [-0.2, 0) is 9.59 Å². The zero-order valence-corrected chi connectivity index (χ0v) is 13.1. The van der Waals surface area contributed by atoms with Gasteiger partial charge in [0.1, 0.15) is 5.82 Å². The first-order chi connectivity index (χ1) is 10.4. The summed E-state index contributed by atoms with van der Waals surface area (Å²) in [5.74, 6) is -2.22. The van der Waals surface area contributed by atoms with Crippen molar-refractivity contribution in [3.63, 3.8) is 0 Å². The van der Waals surface area contributed by atoms with Crippen molar-refractivity contribution in [3.8, 4) is 0 Å².